The third kappa shape index (κ3) is 3.48. The second-order valence-corrected chi connectivity index (χ2v) is 4.81. The summed E-state index contributed by atoms with van der Waals surface area (Å²) in [7, 11) is 0. The van der Waals surface area contributed by atoms with E-state index in [4.69, 9.17) is 9.52 Å². The molecule has 0 bridgehead atoms. The number of hydrogen-bond acceptors (Lipinski definition) is 3. The van der Waals surface area contributed by atoms with E-state index in [0.717, 1.165) is 29.9 Å². The molecule has 0 fully saturated rings. The van der Waals surface area contributed by atoms with Gasteiger partial charge in [0.25, 0.3) is 5.91 Å². The van der Waals surface area contributed by atoms with Gasteiger partial charge in [-0.15, -0.1) is 0 Å². The van der Waals surface area contributed by atoms with Crippen LogP contribution in [0.2, 0.25) is 0 Å². The van der Waals surface area contributed by atoms with E-state index in [1.165, 1.54) is 0 Å². The number of amides is 1. The lowest BCUT2D eigenvalue weighted by molar-refractivity contribution is 0.102. The van der Waals surface area contributed by atoms with Gasteiger partial charge in [0.05, 0.1) is 5.56 Å². The Kier molecular flexibility index (Phi) is 4.58. The number of hydrogen-bond donors (Lipinski definition) is 2. The van der Waals surface area contributed by atoms with E-state index in [2.05, 4.69) is 5.32 Å². The number of aliphatic hydroxyl groups excluding tert-OH is 1. The van der Waals surface area contributed by atoms with Crippen molar-refractivity contribution in [1.29, 1.82) is 0 Å². The highest BCUT2D eigenvalue weighted by Gasteiger charge is 2.13. The Bertz CT molecular complexity index is 602. The van der Waals surface area contributed by atoms with Crippen LogP contribution in [0.25, 0.3) is 0 Å². The second-order valence-electron chi connectivity index (χ2n) is 4.81. The van der Waals surface area contributed by atoms with Crippen LogP contribution in [-0.4, -0.2) is 17.6 Å². The lowest BCUT2D eigenvalue weighted by Gasteiger charge is -2.06. The van der Waals surface area contributed by atoms with Gasteiger partial charge in [0.15, 0.2) is 0 Å². The molecule has 0 saturated heterocycles. The molecule has 4 heteroatoms. The van der Waals surface area contributed by atoms with E-state index in [1.54, 1.807) is 13.0 Å². The minimum Gasteiger partial charge on any atom is -0.466 e. The molecule has 1 heterocycles. The number of aryl methyl sites for hydroxylation is 3. The number of aliphatic hydroxyl groups is 1. The predicted molar refractivity (Wildman–Crippen MR) is 78.0 cm³/mol. The summed E-state index contributed by atoms with van der Waals surface area (Å²) in [4.78, 5) is 12.2. The van der Waals surface area contributed by atoms with Crippen LogP contribution in [0.3, 0.4) is 0 Å². The number of carbonyl (C=O) groups excluding carboxylic acids is 1. The Morgan fingerprint density at radius 3 is 2.75 bits per heavy atom. The number of carbonyl (C=O) groups is 1. The maximum Gasteiger partial charge on any atom is 0.259 e. The van der Waals surface area contributed by atoms with Crippen LogP contribution in [0.4, 0.5) is 5.69 Å². The number of furan rings is 1. The topological polar surface area (TPSA) is 62.5 Å². The van der Waals surface area contributed by atoms with Gasteiger partial charge in [0.1, 0.15) is 11.5 Å². The lowest BCUT2D eigenvalue weighted by Crippen LogP contribution is -2.12. The second kappa shape index (κ2) is 6.39. The molecule has 0 atom stereocenters. The summed E-state index contributed by atoms with van der Waals surface area (Å²) in [5, 5.41) is 11.7. The number of anilines is 1. The van der Waals surface area contributed by atoms with Crippen LogP contribution in [0.1, 0.15) is 33.9 Å². The Balaban J connectivity index is 2.09. The van der Waals surface area contributed by atoms with Crippen molar-refractivity contribution in [3.8, 4) is 0 Å². The summed E-state index contributed by atoms with van der Waals surface area (Å²) in [5.74, 6) is 1.18. The summed E-state index contributed by atoms with van der Waals surface area (Å²) in [6, 6.07) is 9.40. The zero-order valence-corrected chi connectivity index (χ0v) is 11.8. The third-order valence-electron chi connectivity index (χ3n) is 3.09. The summed E-state index contributed by atoms with van der Waals surface area (Å²) in [5.41, 5.74) is 2.41. The Labute approximate surface area is 118 Å². The fraction of sp³-hybridized carbons (Fsp3) is 0.312. The highest BCUT2D eigenvalue weighted by atomic mass is 16.3. The van der Waals surface area contributed by atoms with Crippen molar-refractivity contribution in [3.05, 3.63) is 53.0 Å². The van der Waals surface area contributed by atoms with Gasteiger partial charge in [0.2, 0.25) is 0 Å². The van der Waals surface area contributed by atoms with Crippen LogP contribution in [0.5, 0.6) is 0 Å². The van der Waals surface area contributed by atoms with Crippen molar-refractivity contribution in [3.63, 3.8) is 0 Å². The first-order valence-electron chi connectivity index (χ1n) is 6.68. The molecule has 20 heavy (non-hydrogen) atoms. The molecular formula is C16H19NO3. The molecule has 1 aromatic heterocycles. The van der Waals surface area contributed by atoms with Crippen molar-refractivity contribution in [2.24, 2.45) is 0 Å². The first-order chi connectivity index (χ1) is 9.60. The molecule has 1 aromatic carbocycles. The summed E-state index contributed by atoms with van der Waals surface area (Å²) in [6.45, 7) is 3.77. The van der Waals surface area contributed by atoms with E-state index in [0.29, 0.717) is 11.3 Å². The zero-order valence-electron chi connectivity index (χ0n) is 11.8. The molecule has 0 aliphatic heterocycles. The first-order valence-corrected chi connectivity index (χ1v) is 6.68. The van der Waals surface area contributed by atoms with Crippen LogP contribution >= 0.6 is 0 Å². The molecule has 0 saturated carbocycles. The molecular weight excluding hydrogens is 254 g/mol. The molecule has 1 amide bonds. The monoisotopic (exact) mass is 273 g/mol. The van der Waals surface area contributed by atoms with Crippen LogP contribution in [-0.2, 0) is 6.42 Å². The van der Waals surface area contributed by atoms with Gasteiger partial charge in [-0.25, -0.2) is 0 Å². The van der Waals surface area contributed by atoms with E-state index in [-0.39, 0.29) is 12.5 Å². The normalized spacial score (nSPS) is 10.6. The van der Waals surface area contributed by atoms with Gasteiger partial charge in [-0.1, -0.05) is 12.1 Å². The smallest absolute Gasteiger partial charge is 0.259 e. The molecule has 0 unspecified atom stereocenters. The van der Waals surface area contributed by atoms with Gasteiger partial charge in [-0.05, 0) is 50.5 Å². The Morgan fingerprint density at radius 1 is 1.30 bits per heavy atom. The quantitative estimate of drug-likeness (QED) is 0.880. The molecule has 0 radical (unpaired) electrons. The van der Waals surface area contributed by atoms with Crippen LogP contribution < -0.4 is 5.32 Å². The fourth-order valence-corrected chi connectivity index (χ4v) is 2.14. The zero-order chi connectivity index (χ0) is 14.5. The highest BCUT2D eigenvalue weighted by Crippen LogP contribution is 2.17. The summed E-state index contributed by atoms with van der Waals surface area (Å²) >= 11 is 0. The van der Waals surface area contributed by atoms with Crippen molar-refractivity contribution in [1.82, 2.24) is 0 Å². The molecule has 4 nitrogen and oxygen atoms in total. The van der Waals surface area contributed by atoms with Crippen LogP contribution in [0, 0.1) is 13.8 Å². The molecule has 106 valence electrons. The fourth-order valence-electron chi connectivity index (χ4n) is 2.14. The summed E-state index contributed by atoms with van der Waals surface area (Å²) in [6.07, 6.45) is 1.52. The number of nitrogens with one attached hydrogen (secondary N) is 1. The number of rotatable bonds is 5. The Morgan fingerprint density at radius 2 is 2.10 bits per heavy atom. The first kappa shape index (κ1) is 14.3. The van der Waals surface area contributed by atoms with Crippen molar-refractivity contribution in [2.45, 2.75) is 26.7 Å². The molecule has 0 aliphatic rings. The van der Waals surface area contributed by atoms with Gasteiger partial charge in [0, 0.05) is 12.3 Å². The van der Waals surface area contributed by atoms with Crippen molar-refractivity contribution in [2.75, 3.05) is 11.9 Å². The average molecular weight is 273 g/mol. The van der Waals surface area contributed by atoms with Gasteiger partial charge in [-0.2, -0.15) is 0 Å². The van der Waals surface area contributed by atoms with Crippen molar-refractivity contribution < 1.29 is 14.3 Å². The van der Waals surface area contributed by atoms with E-state index < -0.39 is 0 Å². The largest absolute Gasteiger partial charge is 0.466 e. The SMILES string of the molecule is Cc1cc(C(=O)Nc2cccc(CCCO)c2)c(C)o1. The molecule has 2 N–H and O–H groups in total. The maximum absolute atomic E-state index is 12.2. The van der Waals surface area contributed by atoms with Crippen molar-refractivity contribution >= 4 is 11.6 Å². The molecule has 0 spiro atoms. The Hall–Kier alpha value is -2.07. The minimum atomic E-state index is -0.168. The summed E-state index contributed by atoms with van der Waals surface area (Å²) < 4.78 is 5.36. The van der Waals surface area contributed by atoms with Gasteiger partial charge in [-0.3, -0.25) is 4.79 Å². The standard InChI is InChI=1S/C16H19NO3/c1-11-9-15(12(2)20-11)16(19)17-14-7-3-5-13(10-14)6-4-8-18/h3,5,7,9-10,18H,4,6,8H2,1-2H3,(H,17,19). The molecule has 2 rings (SSSR count). The van der Waals surface area contributed by atoms with Crippen LogP contribution in [0.15, 0.2) is 34.7 Å². The molecule has 0 aliphatic carbocycles. The minimum absolute atomic E-state index is 0.168. The van der Waals surface area contributed by atoms with Gasteiger partial charge < -0.3 is 14.8 Å². The predicted octanol–water partition coefficient (Wildman–Crippen LogP) is 3.07. The molecule has 2 aromatic rings. The third-order valence-corrected chi connectivity index (χ3v) is 3.09. The average Bonchev–Trinajstić information content (AvgIpc) is 2.76. The van der Waals surface area contributed by atoms with E-state index >= 15 is 0 Å². The van der Waals surface area contributed by atoms with E-state index in [1.807, 2.05) is 31.2 Å². The highest BCUT2D eigenvalue weighted by molar-refractivity contribution is 6.05. The number of benzene rings is 1. The maximum atomic E-state index is 12.2. The lowest BCUT2D eigenvalue weighted by atomic mass is 10.1. The van der Waals surface area contributed by atoms with E-state index in [9.17, 15) is 4.79 Å². The van der Waals surface area contributed by atoms with Gasteiger partial charge >= 0.3 is 0 Å².